The molecule has 1 aromatic heterocycles. The maximum absolute atomic E-state index is 9.44. The lowest BCUT2D eigenvalue weighted by Gasteiger charge is -2.10. The van der Waals surface area contributed by atoms with Gasteiger partial charge in [0.2, 0.25) is 0 Å². The van der Waals surface area contributed by atoms with E-state index in [-0.39, 0.29) is 6.61 Å². The molecule has 0 aliphatic carbocycles. The number of aryl methyl sites for hydroxylation is 1. The second kappa shape index (κ2) is 5.41. The first kappa shape index (κ1) is 13.6. The van der Waals surface area contributed by atoms with Gasteiger partial charge in [-0.1, -0.05) is 23.2 Å². The largest absolute Gasteiger partial charge is 0.394 e. The van der Waals surface area contributed by atoms with E-state index in [1.165, 1.54) is 0 Å². The SMILES string of the molecule is Cc1cc(CC(O)CO)nc2c(Cl)cc(Cl)cc12. The Morgan fingerprint density at radius 2 is 2.00 bits per heavy atom. The first-order valence-corrected chi connectivity index (χ1v) is 6.31. The van der Waals surface area contributed by atoms with Crippen LogP contribution in [0.1, 0.15) is 11.3 Å². The van der Waals surface area contributed by atoms with Crippen LogP contribution in [-0.4, -0.2) is 27.9 Å². The molecule has 2 rings (SSSR count). The van der Waals surface area contributed by atoms with Crippen LogP contribution in [-0.2, 0) is 6.42 Å². The number of fused-ring (bicyclic) bond motifs is 1. The van der Waals surface area contributed by atoms with Crippen molar-refractivity contribution < 1.29 is 10.2 Å². The average Bonchev–Trinajstić information content (AvgIpc) is 2.30. The van der Waals surface area contributed by atoms with Gasteiger partial charge in [0.15, 0.2) is 0 Å². The standard InChI is InChI=1S/C13H13Cl2NO2/c1-7-2-9(5-10(18)6-17)16-13-11(7)3-8(14)4-12(13)15/h2-4,10,17-18H,5-6H2,1H3. The molecule has 0 fully saturated rings. The number of aliphatic hydroxyl groups excluding tert-OH is 2. The molecule has 5 heteroatoms. The van der Waals surface area contributed by atoms with Crippen molar-refractivity contribution in [2.75, 3.05) is 6.61 Å². The highest BCUT2D eigenvalue weighted by Crippen LogP contribution is 2.29. The molecule has 1 heterocycles. The van der Waals surface area contributed by atoms with E-state index in [0.29, 0.717) is 27.7 Å². The second-order valence-corrected chi connectivity index (χ2v) is 5.10. The van der Waals surface area contributed by atoms with E-state index in [2.05, 4.69) is 4.98 Å². The van der Waals surface area contributed by atoms with Crippen LogP contribution in [0.4, 0.5) is 0 Å². The molecule has 18 heavy (non-hydrogen) atoms. The van der Waals surface area contributed by atoms with Crippen LogP contribution >= 0.6 is 23.2 Å². The molecule has 0 spiro atoms. The van der Waals surface area contributed by atoms with Gasteiger partial charge in [0, 0.05) is 22.5 Å². The van der Waals surface area contributed by atoms with Crippen molar-refractivity contribution in [2.24, 2.45) is 0 Å². The quantitative estimate of drug-likeness (QED) is 0.912. The number of pyridine rings is 1. The third kappa shape index (κ3) is 2.75. The van der Waals surface area contributed by atoms with E-state index < -0.39 is 6.10 Å². The van der Waals surface area contributed by atoms with Crippen LogP contribution in [0.15, 0.2) is 18.2 Å². The fourth-order valence-electron chi connectivity index (χ4n) is 1.89. The van der Waals surface area contributed by atoms with Gasteiger partial charge in [0.25, 0.3) is 0 Å². The predicted molar refractivity (Wildman–Crippen MR) is 73.3 cm³/mol. The van der Waals surface area contributed by atoms with Gasteiger partial charge < -0.3 is 10.2 Å². The number of rotatable bonds is 3. The lowest BCUT2D eigenvalue weighted by molar-refractivity contribution is 0.0948. The van der Waals surface area contributed by atoms with Crippen LogP contribution in [0.3, 0.4) is 0 Å². The van der Waals surface area contributed by atoms with Gasteiger partial charge in [0.1, 0.15) is 0 Å². The van der Waals surface area contributed by atoms with Crippen molar-refractivity contribution in [1.29, 1.82) is 0 Å². The number of hydrogen-bond acceptors (Lipinski definition) is 3. The molecule has 1 unspecified atom stereocenters. The molecule has 0 saturated heterocycles. The molecular formula is C13H13Cl2NO2. The van der Waals surface area contributed by atoms with E-state index in [9.17, 15) is 5.11 Å². The van der Waals surface area contributed by atoms with Crippen molar-refractivity contribution >= 4 is 34.1 Å². The number of benzene rings is 1. The Labute approximate surface area is 115 Å². The topological polar surface area (TPSA) is 53.4 Å². The zero-order valence-electron chi connectivity index (χ0n) is 9.82. The molecule has 1 aromatic carbocycles. The minimum absolute atomic E-state index is 0.285. The van der Waals surface area contributed by atoms with Crippen LogP contribution in [0.2, 0.25) is 10.0 Å². The Kier molecular flexibility index (Phi) is 4.07. The summed E-state index contributed by atoms with van der Waals surface area (Å²) in [6.07, 6.45) is -0.507. The average molecular weight is 286 g/mol. The zero-order chi connectivity index (χ0) is 13.3. The predicted octanol–water partition coefficient (Wildman–Crippen LogP) is 2.75. The number of nitrogens with zero attached hydrogens (tertiary/aromatic N) is 1. The van der Waals surface area contributed by atoms with E-state index in [1.807, 2.05) is 19.1 Å². The Balaban J connectivity index is 2.54. The maximum atomic E-state index is 9.44. The van der Waals surface area contributed by atoms with Crippen molar-refractivity contribution in [3.05, 3.63) is 39.5 Å². The monoisotopic (exact) mass is 285 g/mol. The van der Waals surface area contributed by atoms with E-state index in [4.69, 9.17) is 28.3 Å². The molecule has 0 amide bonds. The Morgan fingerprint density at radius 3 is 2.67 bits per heavy atom. The Bertz CT molecular complexity index is 587. The van der Waals surface area contributed by atoms with Gasteiger partial charge in [-0.15, -0.1) is 0 Å². The summed E-state index contributed by atoms with van der Waals surface area (Å²) in [5.41, 5.74) is 2.36. The van der Waals surface area contributed by atoms with Crippen molar-refractivity contribution in [3.8, 4) is 0 Å². The zero-order valence-corrected chi connectivity index (χ0v) is 11.3. The van der Waals surface area contributed by atoms with E-state index in [0.717, 1.165) is 10.9 Å². The second-order valence-electron chi connectivity index (χ2n) is 4.25. The normalized spacial score (nSPS) is 12.9. The van der Waals surface area contributed by atoms with Crippen LogP contribution in [0.5, 0.6) is 0 Å². The molecule has 2 aromatic rings. The summed E-state index contributed by atoms with van der Waals surface area (Å²) in [7, 11) is 0. The minimum Gasteiger partial charge on any atom is -0.394 e. The molecule has 1 atom stereocenters. The van der Waals surface area contributed by atoms with Crippen LogP contribution < -0.4 is 0 Å². The van der Waals surface area contributed by atoms with Gasteiger partial charge >= 0.3 is 0 Å². The summed E-state index contributed by atoms with van der Waals surface area (Å²) < 4.78 is 0. The molecule has 0 radical (unpaired) electrons. The number of aromatic nitrogens is 1. The van der Waals surface area contributed by atoms with Gasteiger partial charge in [-0.05, 0) is 30.7 Å². The molecule has 0 aliphatic heterocycles. The number of hydrogen-bond donors (Lipinski definition) is 2. The highest BCUT2D eigenvalue weighted by atomic mass is 35.5. The highest BCUT2D eigenvalue weighted by molar-refractivity contribution is 6.38. The van der Waals surface area contributed by atoms with Gasteiger partial charge in [-0.3, -0.25) is 4.98 Å². The Morgan fingerprint density at radius 1 is 1.28 bits per heavy atom. The minimum atomic E-state index is -0.805. The molecule has 0 saturated carbocycles. The third-order valence-corrected chi connectivity index (χ3v) is 3.25. The fourth-order valence-corrected chi connectivity index (χ4v) is 2.43. The number of halogens is 2. The summed E-state index contributed by atoms with van der Waals surface area (Å²) in [6.45, 7) is 1.65. The van der Waals surface area contributed by atoms with Gasteiger partial charge in [0.05, 0.1) is 23.3 Å². The lowest BCUT2D eigenvalue weighted by Crippen LogP contribution is -2.16. The van der Waals surface area contributed by atoms with Crippen molar-refractivity contribution in [2.45, 2.75) is 19.4 Å². The van der Waals surface area contributed by atoms with Gasteiger partial charge in [-0.2, -0.15) is 0 Å². The lowest BCUT2D eigenvalue weighted by atomic mass is 10.1. The molecule has 96 valence electrons. The Hall–Kier alpha value is -0.870. The molecule has 3 nitrogen and oxygen atoms in total. The summed E-state index contributed by atoms with van der Waals surface area (Å²) in [5.74, 6) is 0. The third-order valence-electron chi connectivity index (χ3n) is 2.75. The molecular weight excluding hydrogens is 273 g/mol. The first-order chi connectivity index (χ1) is 8.51. The summed E-state index contributed by atoms with van der Waals surface area (Å²) in [4.78, 5) is 4.40. The van der Waals surface area contributed by atoms with Gasteiger partial charge in [-0.25, -0.2) is 0 Å². The molecule has 2 N–H and O–H groups in total. The summed E-state index contributed by atoms with van der Waals surface area (Å²) in [6, 6.07) is 5.33. The van der Waals surface area contributed by atoms with Crippen molar-refractivity contribution in [3.63, 3.8) is 0 Å². The molecule has 0 bridgehead atoms. The fraction of sp³-hybridized carbons (Fsp3) is 0.308. The summed E-state index contributed by atoms with van der Waals surface area (Å²) >= 11 is 12.1. The van der Waals surface area contributed by atoms with E-state index in [1.54, 1.807) is 6.07 Å². The van der Waals surface area contributed by atoms with E-state index >= 15 is 0 Å². The maximum Gasteiger partial charge on any atom is 0.0895 e. The summed E-state index contributed by atoms with van der Waals surface area (Å²) in [5, 5.41) is 20.2. The van der Waals surface area contributed by atoms with Crippen LogP contribution in [0, 0.1) is 6.92 Å². The van der Waals surface area contributed by atoms with Crippen LogP contribution in [0.25, 0.3) is 10.9 Å². The van der Waals surface area contributed by atoms with Crippen molar-refractivity contribution in [1.82, 2.24) is 4.98 Å². The highest BCUT2D eigenvalue weighted by Gasteiger charge is 2.10. The number of aliphatic hydroxyl groups is 2. The smallest absolute Gasteiger partial charge is 0.0895 e. The first-order valence-electron chi connectivity index (χ1n) is 5.55. The molecule has 0 aliphatic rings.